The summed E-state index contributed by atoms with van der Waals surface area (Å²) >= 11 is 0. The molecule has 0 radical (unpaired) electrons. The third-order valence-electron chi connectivity index (χ3n) is 5.22. The molecular weight excluding hydrogens is 332 g/mol. The Labute approximate surface area is 150 Å². The normalized spacial score (nSPS) is 18.2. The van der Waals surface area contributed by atoms with Crippen molar-refractivity contribution in [1.82, 2.24) is 19.7 Å². The van der Waals surface area contributed by atoms with E-state index in [-0.39, 0.29) is 5.91 Å². The largest absolute Gasteiger partial charge is 0.441 e. The van der Waals surface area contributed by atoms with E-state index < -0.39 is 6.10 Å². The van der Waals surface area contributed by atoms with Crippen LogP contribution in [-0.4, -0.2) is 37.2 Å². The fourth-order valence-corrected chi connectivity index (χ4v) is 3.62. The van der Waals surface area contributed by atoms with Crippen molar-refractivity contribution in [3.63, 3.8) is 0 Å². The van der Waals surface area contributed by atoms with Crippen LogP contribution in [0.15, 0.2) is 28.7 Å². The topological polar surface area (TPSA) is 84.4 Å². The van der Waals surface area contributed by atoms with Gasteiger partial charge in [0.1, 0.15) is 11.6 Å². The predicted octanol–water partition coefficient (Wildman–Crippen LogP) is 2.43. The van der Waals surface area contributed by atoms with Crippen LogP contribution in [0.3, 0.4) is 0 Å². The number of carbonyl (C=O) groups is 1. The van der Waals surface area contributed by atoms with Crippen molar-refractivity contribution in [3.8, 4) is 0 Å². The number of aliphatic hydroxyl groups is 1. The molecule has 26 heavy (non-hydrogen) atoms. The van der Waals surface area contributed by atoms with Gasteiger partial charge in [-0.05, 0) is 43.0 Å². The van der Waals surface area contributed by atoms with Crippen molar-refractivity contribution in [1.29, 1.82) is 0 Å². The lowest BCUT2D eigenvalue weighted by molar-refractivity contribution is 0.0705. The zero-order valence-electron chi connectivity index (χ0n) is 14.6. The number of carbonyl (C=O) groups excluding carboxylic acids is 1. The number of aliphatic hydroxyl groups excluding tert-OH is 1. The first-order valence-electron chi connectivity index (χ1n) is 8.99. The molecule has 7 heteroatoms. The summed E-state index contributed by atoms with van der Waals surface area (Å²) in [7, 11) is 0. The molecule has 1 aromatic carbocycles. The van der Waals surface area contributed by atoms with Gasteiger partial charge in [-0.15, -0.1) is 0 Å². The average Bonchev–Trinajstić information content (AvgIpc) is 3.29. The van der Waals surface area contributed by atoms with Crippen LogP contribution in [0.1, 0.15) is 46.6 Å². The minimum atomic E-state index is -0.477. The monoisotopic (exact) mass is 352 g/mol. The lowest BCUT2D eigenvalue weighted by Gasteiger charge is -2.27. The van der Waals surface area contributed by atoms with Gasteiger partial charge in [-0.1, -0.05) is 0 Å². The van der Waals surface area contributed by atoms with E-state index in [1.807, 2.05) is 21.7 Å². The molecule has 0 bridgehead atoms. The van der Waals surface area contributed by atoms with Gasteiger partial charge in [0.25, 0.3) is 5.91 Å². The van der Waals surface area contributed by atoms with Crippen LogP contribution in [0.2, 0.25) is 0 Å². The average molecular weight is 352 g/mol. The Morgan fingerprint density at radius 3 is 2.96 bits per heavy atom. The summed E-state index contributed by atoms with van der Waals surface area (Å²) < 4.78 is 7.45. The molecule has 1 fully saturated rings. The van der Waals surface area contributed by atoms with Crippen molar-refractivity contribution in [2.24, 2.45) is 5.92 Å². The van der Waals surface area contributed by atoms with Crippen molar-refractivity contribution in [3.05, 3.63) is 47.1 Å². The van der Waals surface area contributed by atoms with Crippen LogP contribution in [0.5, 0.6) is 0 Å². The number of oxazole rings is 1. The molecule has 1 amide bonds. The van der Waals surface area contributed by atoms with Crippen molar-refractivity contribution < 1.29 is 14.3 Å². The smallest absolute Gasteiger partial charge is 0.254 e. The molecule has 2 aliphatic rings. The summed E-state index contributed by atoms with van der Waals surface area (Å²) in [4.78, 5) is 19.0. The van der Waals surface area contributed by atoms with Crippen LogP contribution in [0.25, 0.3) is 11.1 Å². The van der Waals surface area contributed by atoms with Crippen molar-refractivity contribution in [2.75, 3.05) is 6.54 Å². The maximum absolute atomic E-state index is 12.9. The van der Waals surface area contributed by atoms with E-state index in [0.29, 0.717) is 42.6 Å². The molecule has 1 N–H and O–H groups in total. The maximum Gasteiger partial charge on any atom is 0.254 e. The van der Waals surface area contributed by atoms with E-state index >= 15 is 0 Å². The van der Waals surface area contributed by atoms with Gasteiger partial charge < -0.3 is 14.4 Å². The highest BCUT2D eigenvalue weighted by molar-refractivity contribution is 5.97. The molecule has 1 unspecified atom stereocenters. The summed E-state index contributed by atoms with van der Waals surface area (Å²) in [5.41, 5.74) is 3.69. The van der Waals surface area contributed by atoms with E-state index in [0.717, 1.165) is 29.7 Å². The van der Waals surface area contributed by atoms with E-state index in [4.69, 9.17) is 4.42 Å². The van der Waals surface area contributed by atoms with Crippen LogP contribution >= 0.6 is 0 Å². The highest BCUT2D eigenvalue weighted by atomic mass is 16.3. The number of hydrogen-bond acceptors (Lipinski definition) is 5. The molecule has 3 aromatic rings. The highest BCUT2D eigenvalue weighted by Crippen LogP contribution is 2.40. The molecule has 7 nitrogen and oxygen atoms in total. The minimum absolute atomic E-state index is 0.0299. The molecule has 1 aliphatic carbocycles. The van der Waals surface area contributed by atoms with Crippen LogP contribution < -0.4 is 0 Å². The first kappa shape index (κ1) is 15.6. The van der Waals surface area contributed by atoms with Gasteiger partial charge in [-0.25, -0.2) is 4.98 Å². The third kappa shape index (κ3) is 2.59. The molecule has 5 rings (SSSR count). The predicted molar refractivity (Wildman–Crippen MR) is 93.4 cm³/mol. The number of nitrogens with zero attached hydrogens (tertiary/aromatic N) is 4. The van der Waals surface area contributed by atoms with Gasteiger partial charge in [-0.3, -0.25) is 9.48 Å². The maximum atomic E-state index is 12.9. The summed E-state index contributed by atoms with van der Waals surface area (Å²) in [6.07, 6.45) is 1.66. The first-order chi connectivity index (χ1) is 12.6. The second-order valence-corrected chi connectivity index (χ2v) is 7.21. The summed E-state index contributed by atoms with van der Waals surface area (Å²) in [5, 5.41) is 14.8. The number of rotatable bonds is 3. The molecule has 1 saturated carbocycles. The molecule has 0 spiro atoms. The number of hydrogen-bond donors (Lipinski definition) is 1. The zero-order valence-corrected chi connectivity index (χ0v) is 14.6. The SMILES string of the molecule is Cc1nc2ccc(C(=O)N3CCn4nc(C(O)C5CC5)cc4C3)cc2o1. The van der Waals surface area contributed by atoms with E-state index in [1.165, 1.54) is 0 Å². The fraction of sp³-hybridized carbons (Fsp3) is 0.421. The summed E-state index contributed by atoms with van der Waals surface area (Å²) in [5.74, 6) is 0.910. The Hall–Kier alpha value is -2.67. The van der Waals surface area contributed by atoms with E-state index in [2.05, 4.69) is 10.1 Å². The van der Waals surface area contributed by atoms with E-state index in [1.54, 1.807) is 19.1 Å². The van der Waals surface area contributed by atoms with Gasteiger partial charge in [0, 0.05) is 19.0 Å². The van der Waals surface area contributed by atoms with Crippen LogP contribution in [-0.2, 0) is 13.1 Å². The highest BCUT2D eigenvalue weighted by Gasteiger charge is 2.33. The molecular formula is C19H20N4O3. The van der Waals surface area contributed by atoms with Gasteiger partial charge in [0.15, 0.2) is 11.5 Å². The summed E-state index contributed by atoms with van der Waals surface area (Å²) in [6.45, 7) is 3.53. The van der Waals surface area contributed by atoms with Crippen molar-refractivity contribution in [2.45, 2.75) is 39.0 Å². The van der Waals surface area contributed by atoms with Crippen LogP contribution in [0.4, 0.5) is 0 Å². The second kappa shape index (κ2) is 5.67. The Morgan fingerprint density at radius 1 is 1.31 bits per heavy atom. The quantitative estimate of drug-likeness (QED) is 0.783. The van der Waals surface area contributed by atoms with Gasteiger partial charge in [-0.2, -0.15) is 5.10 Å². The number of aryl methyl sites for hydroxylation is 1. The Kier molecular flexibility index (Phi) is 3.40. The number of fused-ring (bicyclic) bond motifs is 2. The fourth-order valence-electron chi connectivity index (χ4n) is 3.62. The lowest BCUT2D eigenvalue weighted by atomic mass is 10.1. The minimum Gasteiger partial charge on any atom is -0.441 e. The first-order valence-corrected chi connectivity index (χ1v) is 8.99. The van der Waals surface area contributed by atoms with Crippen LogP contribution in [0, 0.1) is 12.8 Å². The number of aromatic nitrogens is 3. The standard InChI is InChI=1S/C19H20N4O3/c1-11-20-15-5-4-13(8-17(15)26-11)19(25)22-6-7-23-14(10-22)9-16(21-23)18(24)12-2-3-12/h4-5,8-9,12,18,24H,2-3,6-7,10H2,1H3. The Balaban J connectivity index is 1.38. The van der Waals surface area contributed by atoms with Crippen molar-refractivity contribution >= 4 is 17.0 Å². The molecule has 134 valence electrons. The Morgan fingerprint density at radius 2 is 2.15 bits per heavy atom. The molecule has 0 saturated heterocycles. The van der Waals surface area contributed by atoms with E-state index in [9.17, 15) is 9.90 Å². The molecule has 1 aliphatic heterocycles. The number of benzene rings is 1. The Bertz CT molecular complexity index is 1000. The van der Waals surface area contributed by atoms with Gasteiger partial charge in [0.05, 0.1) is 24.5 Å². The summed E-state index contributed by atoms with van der Waals surface area (Å²) in [6, 6.07) is 7.30. The van der Waals surface area contributed by atoms with Gasteiger partial charge >= 0.3 is 0 Å². The molecule has 2 aromatic heterocycles. The van der Waals surface area contributed by atoms with Gasteiger partial charge in [0.2, 0.25) is 0 Å². The number of amides is 1. The third-order valence-corrected chi connectivity index (χ3v) is 5.22. The zero-order chi connectivity index (χ0) is 17.8. The second-order valence-electron chi connectivity index (χ2n) is 7.21. The molecule has 1 atom stereocenters. The molecule has 3 heterocycles. The lowest BCUT2D eigenvalue weighted by Crippen LogP contribution is -2.38.